The summed E-state index contributed by atoms with van der Waals surface area (Å²) in [7, 11) is 1.93. The predicted octanol–water partition coefficient (Wildman–Crippen LogP) is 1.80. The number of nitrogens with zero attached hydrogens (tertiary/aromatic N) is 3. The van der Waals surface area contributed by atoms with Crippen LogP contribution in [0, 0.1) is 6.92 Å². The van der Waals surface area contributed by atoms with Gasteiger partial charge < -0.3 is 14.4 Å². The van der Waals surface area contributed by atoms with Crippen LogP contribution in [0.1, 0.15) is 22.1 Å². The maximum atomic E-state index is 11.9. The van der Waals surface area contributed by atoms with Gasteiger partial charge in [-0.15, -0.1) is 0 Å². The Kier molecular flexibility index (Phi) is 2.98. The van der Waals surface area contributed by atoms with Gasteiger partial charge in [-0.1, -0.05) is 17.3 Å². The minimum absolute atomic E-state index is 0.210. The molecule has 0 radical (unpaired) electrons. The minimum Gasteiger partial charge on any atom is -0.351 e. The molecule has 6 heteroatoms. The lowest BCUT2D eigenvalue weighted by Crippen LogP contribution is -2.24. The Hall–Kier alpha value is -2.63. The van der Waals surface area contributed by atoms with E-state index in [0.29, 0.717) is 12.2 Å². The molecule has 6 nitrogen and oxygen atoms in total. The van der Waals surface area contributed by atoms with E-state index in [0.717, 1.165) is 16.9 Å². The number of aromatic nitrogens is 3. The lowest BCUT2D eigenvalue weighted by Gasteiger charge is -2.03. The van der Waals surface area contributed by atoms with Crippen LogP contribution in [0.4, 0.5) is 0 Å². The molecule has 1 aromatic carbocycles. The molecular formula is C14H14N4O2. The first-order valence-corrected chi connectivity index (χ1v) is 6.27. The summed E-state index contributed by atoms with van der Waals surface area (Å²) in [5.74, 6) is 0.703. The number of fused-ring (bicyclic) bond motifs is 1. The molecule has 0 aliphatic heterocycles. The van der Waals surface area contributed by atoms with E-state index in [1.54, 1.807) is 13.0 Å². The Morgan fingerprint density at radius 2 is 2.20 bits per heavy atom. The van der Waals surface area contributed by atoms with Gasteiger partial charge in [-0.25, -0.2) is 4.98 Å². The van der Waals surface area contributed by atoms with Gasteiger partial charge in [0.05, 0.1) is 23.3 Å². The third kappa shape index (κ3) is 2.16. The van der Waals surface area contributed by atoms with E-state index >= 15 is 0 Å². The third-order valence-electron chi connectivity index (χ3n) is 3.14. The van der Waals surface area contributed by atoms with Crippen molar-refractivity contribution in [1.29, 1.82) is 0 Å². The Bertz CT molecular complexity index is 772. The van der Waals surface area contributed by atoms with Crippen LogP contribution >= 0.6 is 0 Å². The smallest absolute Gasteiger partial charge is 0.290 e. The first-order chi connectivity index (χ1) is 9.65. The van der Waals surface area contributed by atoms with Crippen molar-refractivity contribution in [1.82, 2.24) is 20.0 Å². The Morgan fingerprint density at radius 1 is 1.40 bits per heavy atom. The van der Waals surface area contributed by atoms with Gasteiger partial charge in [0.2, 0.25) is 5.76 Å². The summed E-state index contributed by atoms with van der Waals surface area (Å²) in [6.07, 6.45) is 0. The van der Waals surface area contributed by atoms with Gasteiger partial charge in [0.1, 0.15) is 5.82 Å². The molecule has 102 valence electrons. The molecule has 0 spiro atoms. The van der Waals surface area contributed by atoms with Crippen LogP contribution in [0.25, 0.3) is 11.0 Å². The van der Waals surface area contributed by atoms with E-state index in [1.807, 2.05) is 35.9 Å². The molecule has 0 saturated carbocycles. The van der Waals surface area contributed by atoms with E-state index in [4.69, 9.17) is 4.52 Å². The monoisotopic (exact) mass is 270 g/mol. The van der Waals surface area contributed by atoms with Crippen LogP contribution in [0.5, 0.6) is 0 Å². The average molecular weight is 270 g/mol. The van der Waals surface area contributed by atoms with Gasteiger partial charge in [-0.05, 0) is 19.1 Å². The molecule has 3 aromatic rings. The molecule has 0 saturated heterocycles. The Balaban J connectivity index is 1.77. The number of aryl methyl sites for hydroxylation is 2. The lowest BCUT2D eigenvalue weighted by atomic mass is 10.3. The molecule has 0 aliphatic rings. The van der Waals surface area contributed by atoms with Gasteiger partial charge in [-0.2, -0.15) is 0 Å². The highest BCUT2D eigenvalue weighted by molar-refractivity contribution is 5.91. The van der Waals surface area contributed by atoms with Crippen molar-refractivity contribution in [2.24, 2.45) is 7.05 Å². The van der Waals surface area contributed by atoms with Crippen molar-refractivity contribution in [2.75, 3.05) is 0 Å². The summed E-state index contributed by atoms with van der Waals surface area (Å²) in [6.45, 7) is 2.11. The predicted molar refractivity (Wildman–Crippen MR) is 73.1 cm³/mol. The fraction of sp³-hybridized carbons (Fsp3) is 0.214. The first-order valence-electron chi connectivity index (χ1n) is 6.27. The van der Waals surface area contributed by atoms with E-state index in [1.165, 1.54) is 0 Å². The standard InChI is InChI=1S/C14H14N4O2/c1-9-7-12(20-17-9)14(19)15-8-13-16-10-5-3-4-6-11(10)18(13)2/h3-7H,8H2,1-2H3,(H,15,19). The number of hydrogen-bond acceptors (Lipinski definition) is 4. The summed E-state index contributed by atoms with van der Waals surface area (Å²) in [6, 6.07) is 9.44. The summed E-state index contributed by atoms with van der Waals surface area (Å²) in [5, 5.41) is 6.46. The number of nitrogens with one attached hydrogen (secondary N) is 1. The van der Waals surface area contributed by atoms with Gasteiger partial charge >= 0.3 is 0 Å². The number of carbonyl (C=O) groups excluding carboxylic acids is 1. The Labute approximate surface area is 115 Å². The second kappa shape index (κ2) is 4.80. The summed E-state index contributed by atoms with van der Waals surface area (Å²) < 4.78 is 6.87. The van der Waals surface area contributed by atoms with Crippen LogP contribution in [-0.2, 0) is 13.6 Å². The van der Waals surface area contributed by atoms with Gasteiger partial charge in [0, 0.05) is 13.1 Å². The molecule has 2 aromatic heterocycles. The maximum absolute atomic E-state index is 11.9. The molecule has 0 atom stereocenters. The summed E-state index contributed by atoms with van der Waals surface area (Å²) in [4.78, 5) is 16.4. The largest absolute Gasteiger partial charge is 0.351 e. The molecule has 20 heavy (non-hydrogen) atoms. The zero-order valence-corrected chi connectivity index (χ0v) is 11.3. The molecule has 0 aliphatic carbocycles. The van der Waals surface area contributed by atoms with Crippen LogP contribution in [-0.4, -0.2) is 20.6 Å². The van der Waals surface area contributed by atoms with E-state index in [-0.39, 0.29) is 11.7 Å². The summed E-state index contributed by atoms with van der Waals surface area (Å²) >= 11 is 0. The van der Waals surface area contributed by atoms with Crippen molar-refractivity contribution < 1.29 is 9.32 Å². The first kappa shape index (κ1) is 12.4. The summed E-state index contributed by atoms with van der Waals surface area (Å²) in [5.41, 5.74) is 2.62. The number of rotatable bonds is 3. The molecule has 0 fully saturated rings. The molecular weight excluding hydrogens is 256 g/mol. The number of hydrogen-bond donors (Lipinski definition) is 1. The lowest BCUT2D eigenvalue weighted by molar-refractivity contribution is 0.0912. The molecule has 0 unspecified atom stereocenters. The highest BCUT2D eigenvalue weighted by Crippen LogP contribution is 2.14. The normalized spacial score (nSPS) is 10.9. The molecule has 2 heterocycles. The van der Waals surface area contributed by atoms with Crippen molar-refractivity contribution >= 4 is 16.9 Å². The highest BCUT2D eigenvalue weighted by Gasteiger charge is 2.13. The second-order valence-corrected chi connectivity index (χ2v) is 4.59. The van der Waals surface area contributed by atoms with Crippen LogP contribution < -0.4 is 5.32 Å². The molecule has 1 N–H and O–H groups in total. The zero-order valence-electron chi connectivity index (χ0n) is 11.3. The number of amides is 1. The fourth-order valence-corrected chi connectivity index (χ4v) is 2.07. The number of carbonyl (C=O) groups is 1. The van der Waals surface area contributed by atoms with Gasteiger partial charge in [-0.3, -0.25) is 4.79 Å². The van der Waals surface area contributed by atoms with E-state index in [9.17, 15) is 4.79 Å². The number of benzene rings is 1. The van der Waals surface area contributed by atoms with Gasteiger partial charge in [0.15, 0.2) is 0 Å². The van der Waals surface area contributed by atoms with Gasteiger partial charge in [0.25, 0.3) is 5.91 Å². The van der Waals surface area contributed by atoms with Crippen molar-refractivity contribution in [2.45, 2.75) is 13.5 Å². The van der Waals surface area contributed by atoms with E-state index in [2.05, 4.69) is 15.5 Å². The quantitative estimate of drug-likeness (QED) is 0.787. The Morgan fingerprint density at radius 3 is 2.90 bits per heavy atom. The third-order valence-corrected chi connectivity index (χ3v) is 3.14. The van der Waals surface area contributed by atoms with E-state index < -0.39 is 0 Å². The number of imidazole rings is 1. The topological polar surface area (TPSA) is 73.0 Å². The maximum Gasteiger partial charge on any atom is 0.290 e. The molecule has 0 bridgehead atoms. The highest BCUT2D eigenvalue weighted by atomic mass is 16.5. The fourth-order valence-electron chi connectivity index (χ4n) is 2.07. The number of para-hydroxylation sites is 2. The minimum atomic E-state index is -0.294. The van der Waals surface area contributed by atoms with Crippen LogP contribution in [0.3, 0.4) is 0 Å². The van der Waals surface area contributed by atoms with Crippen LogP contribution in [0.2, 0.25) is 0 Å². The molecule has 1 amide bonds. The van der Waals surface area contributed by atoms with Crippen molar-refractivity contribution in [3.05, 3.63) is 47.6 Å². The SMILES string of the molecule is Cc1cc(C(=O)NCc2nc3ccccc3n2C)on1. The molecule has 3 rings (SSSR count). The average Bonchev–Trinajstić information content (AvgIpc) is 3.01. The second-order valence-electron chi connectivity index (χ2n) is 4.59. The van der Waals surface area contributed by atoms with Crippen molar-refractivity contribution in [3.63, 3.8) is 0 Å². The van der Waals surface area contributed by atoms with Crippen LogP contribution in [0.15, 0.2) is 34.9 Å². The zero-order chi connectivity index (χ0) is 14.1. The van der Waals surface area contributed by atoms with Crippen molar-refractivity contribution in [3.8, 4) is 0 Å².